The molecule has 2 rings (SSSR count). The Kier molecular flexibility index (Phi) is 3.82. The van der Waals surface area contributed by atoms with Crippen molar-refractivity contribution < 1.29 is 9.53 Å². The molecule has 1 saturated carbocycles. The van der Waals surface area contributed by atoms with Gasteiger partial charge in [0.2, 0.25) is 5.91 Å². The number of rotatable bonds is 7. The highest BCUT2D eigenvalue weighted by Crippen LogP contribution is 2.33. The summed E-state index contributed by atoms with van der Waals surface area (Å²) in [7, 11) is 0. The molecule has 92 valence electrons. The van der Waals surface area contributed by atoms with E-state index in [1.807, 2.05) is 6.92 Å². The average molecular weight is 226 g/mol. The number of nitrogens with one attached hydrogen (secondary N) is 2. The first-order valence-corrected chi connectivity index (χ1v) is 6.29. The normalized spacial score (nSPS) is 22.6. The molecule has 1 heterocycles. The standard InChI is InChI=1S/C12H22N2O2/c1-12(8-13-9-12)16-7-11(15)14-6-2-3-10-4-5-10/h10,13H,2-9H2,1H3,(H,14,15). The molecule has 1 amide bonds. The van der Waals surface area contributed by atoms with E-state index in [0.717, 1.165) is 32.0 Å². The van der Waals surface area contributed by atoms with Crippen LogP contribution in [0.3, 0.4) is 0 Å². The molecule has 0 bridgehead atoms. The minimum Gasteiger partial charge on any atom is -0.363 e. The maximum Gasteiger partial charge on any atom is 0.246 e. The lowest BCUT2D eigenvalue weighted by atomic mass is 10.0. The summed E-state index contributed by atoms with van der Waals surface area (Å²) < 4.78 is 5.54. The molecule has 4 heteroatoms. The molecular formula is C12H22N2O2. The fraction of sp³-hybridized carbons (Fsp3) is 0.917. The van der Waals surface area contributed by atoms with Crippen molar-refractivity contribution in [1.82, 2.24) is 10.6 Å². The molecule has 0 unspecified atom stereocenters. The van der Waals surface area contributed by atoms with Crippen molar-refractivity contribution in [2.45, 2.75) is 38.2 Å². The minimum atomic E-state index is -0.120. The molecule has 4 nitrogen and oxygen atoms in total. The van der Waals surface area contributed by atoms with Crippen LogP contribution in [-0.4, -0.2) is 37.7 Å². The van der Waals surface area contributed by atoms with Gasteiger partial charge in [0, 0.05) is 19.6 Å². The average Bonchev–Trinajstić information content (AvgIpc) is 3.02. The van der Waals surface area contributed by atoms with Crippen molar-refractivity contribution in [3.8, 4) is 0 Å². The highest BCUT2D eigenvalue weighted by atomic mass is 16.5. The number of carbonyl (C=O) groups is 1. The van der Waals surface area contributed by atoms with E-state index >= 15 is 0 Å². The van der Waals surface area contributed by atoms with Crippen molar-refractivity contribution in [2.24, 2.45) is 5.92 Å². The monoisotopic (exact) mass is 226 g/mol. The van der Waals surface area contributed by atoms with Gasteiger partial charge < -0.3 is 15.4 Å². The van der Waals surface area contributed by atoms with Crippen LogP contribution in [0.5, 0.6) is 0 Å². The molecule has 2 aliphatic rings. The van der Waals surface area contributed by atoms with Crippen LogP contribution in [0, 0.1) is 5.92 Å². The fourth-order valence-electron chi connectivity index (χ4n) is 1.90. The number of hydrogen-bond acceptors (Lipinski definition) is 3. The Morgan fingerprint density at radius 1 is 1.50 bits per heavy atom. The van der Waals surface area contributed by atoms with Crippen LogP contribution < -0.4 is 10.6 Å². The van der Waals surface area contributed by atoms with Gasteiger partial charge in [0.1, 0.15) is 6.61 Å². The van der Waals surface area contributed by atoms with Crippen molar-refractivity contribution in [3.63, 3.8) is 0 Å². The van der Waals surface area contributed by atoms with Crippen LogP contribution in [0.25, 0.3) is 0 Å². The van der Waals surface area contributed by atoms with Crippen LogP contribution in [0.4, 0.5) is 0 Å². The van der Waals surface area contributed by atoms with E-state index in [1.165, 1.54) is 19.3 Å². The van der Waals surface area contributed by atoms with Crippen molar-refractivity contribution in [2.75, 3.05) is 26.2 Å². The lowest BCUT2D eigenvalue weighted by Gasteiger charge is -2.38. The molecule has 2 fully saturated rings. The second-order valence-corrected chi connectivity index (χ2v) is 5.28. The Labute approximate surface area is 97.1 Å². The first kappa shape index (κ1) is 11.9. The van der Waals surface area contributed by atoms with Crippen molar-refractivity contribution >= 4 is 5.91 Å². The van der Waals surface area contributed by atoms with E-state index in [9.17, 15) is 4.79 Å². The summed E-state index contributed by atoms with van der Waals surface area (Å²) in [6, 6.07) is 0. The summed E-state index contributed by atoms with van der Waals surface area (Å²) in [4.78, 5) is 11.4. The third-order valence-electron chi connectivity index (χ3n) is 3.36. The summed E-state index contributed by atoms with van der Waals surface area (Å²) >= 11 is 0. The molecule has 16 heavy (non-hydrogen) atoms. The summed E-state index contributed by atoms with van der Waals surface area (Å²) in [5.41, 5.74) is -0.120. The van der Waals surface area contributed by atoms with Crippen LogP contribution in [0.2, 0.25) is 0 Å². The zero-order chi connectivity index (χ0) is 11.4. The summed E-state index contributed by atoms with van der Waals surface area (Å²) in [5.74, 6) is 0.969. The highest BCUT2D eigenvalue weighted by Gasteiger charge is 2.32. The van der Waals surface area contributed by atoms with Gasteiger partial charge in [0.05, 0.1) is 5.60 Å². The Morgan fingerprint density at radius 3 is 2.81 bits per heavy atom. The van der Waals surface area contributed by atoms with Gasteiger partial charge >= 0.3 is 0 Å². The highest BCUT2D eigenvalue weighted by molar-refractivity contribution is 5.77. The second kappa shape index (κ2) is 5.15. The Bertz CT molecular complexity index is 247. The third kappa shape index (κ3) is 3.76. The van der Waals surface area contributed by atoms with Crippen molar-refractivity contribution in [3.05, 3.63) is 0 Å². The molecule has 0 radical (unpaired) electrons. The van der Waals surface area contributed by atoms with E-state index < -0.39 is 0 Å². The Morgan fingerprint density at radius 2 is 2.25 bits per heavy atom. The molecule has 2 N–H and O–H groups in total. The third-order valence-corrected chi connectivity index (χ3v) is 3.36. The Hall–Kier alpha value is -0.610. The molecule has 1 aliphatic carbocycles. The van der Waals surface area contributed by atoms with E-state index in [4.69, 9.17) is 4.74 Å². The largest absolute Gasteiger partial charge is 0.363 e. The first-order valence-electron chi connectivity index (χ1n) is 6.29. The Balaban J connectivity index is 1.47. The molecule has 0 atom stereocenters. The van der Waals surface area contributed by atoms with Crippen LogP contribution in [-0.2, 0) is 9.53 Å². The fourth-order valence-corrected chi connectivity index (χ4v) is 1.90. The molecule has 1 aliphatic heterocycles. The zero-order valence-corrected chi connectivity index (χ0v) is 10.1. The van der Waals surface area contributed by atoms with E-state index in [1.54, 1.807) is 0 Å². The summed E-state index contributed by atoms with van der Waals surface area (Å²) in [6.45, 7) is 4.73. The number of hydrogen-bond donors (Lipinski definition) is 2. The number of ether oxygens (including phenoxy) is 1. The summed E-state index contributed by atoms with van der Waals surface area (Å²) in [5, 5.41) is 6.04. The van der Waals surface area contributed by atoms with Gasteiger partial charge in [-0.2, -0.15) is 0 Å². The maximum atomic E-state index is 11.4. The van der Waals surface area contributed by atoms with Gasteiger partial charge in [-0.25, -0.2) is 0 Å². The lowest BCUT2D eigenvalue weighted by Crippen LogP contribution is -2.59. The van der Waals surface area contributed by atoms with Gasteiger partial charge in [-0.1, -0.05) is 12.8 Å². The molecule has 0 spiro atoms. The van der Waals surface area contributed by atoms with E-state index in [0.29, 0.717) is 0 Å². The quantitative estimate of drug-likeness (QED) is 0.627. The van der Waals surface area contributed by atoms with Crippen LogP contribution in [0.15, 0.2) is 0 Å². The van der Waals surface area contributed by atoms with Gasteiger partial charge in [0.25, 0.3) is 0 Å². The zero-order valence-electron chi connectivity index (χ0n) is 10.1. The van der Waals surface area contributed by atoms with Crippen LogP contribution in [0.1, 0.15) is 32.6 Å². The molecule has 0 aromatic rings. The van der Waals surface area contributed by atoms with Crippen molar-refractivity contribution in [1.29, 1.82) is 0 Å². The predicted octanol–water partition coefficient (Wildman–Crippen LogP) is 0.671. The second-order valence-electron chi connectivity index (χ2n) is 5.28. The van der Waals surface area contributed by atoms with Gasteiger partial charge in [0.15, 0.2) is 0 Å². The molecule has 1 saturated heterocycles. The number of amides is 1. The number of carbonyl (C=O) groups excluding carboxylic acids is 1. The SMILES string of the molecule is CC1(OCC(=O)NCCCC2CC2)CNC1. The van der Waals surface area contributed by atoms with Gasteiger partial charge in [-0.05, 0) is 25.7 Å². The first-order chi connectivity index (χ1) is 7.68. The van der Waals surface area contributed by atoms with Crippen LogP contribution >= 0.6 is 0 Å². The molecule has 0 aromatic heterocycles. The lowest BCUT2D eigenvalue weighted by molar-refractivity contribution is -0.135. The maximum absolute atomic E-state index is 11.4. The minimum absolute atomic E-state index is 0.0175. The van der Waals surface area contributed by atoms with E-state index in [2.05, 4.69) is 10.6 Å². The van der Waals surface area contributed by atoms with Gasteiger partial charge in [-0.15, -0.1) is 0 Å². The summed E-state index contributed by atoms with van der Waals surface area (Å²) in [6.07, 6.45) is 5.16. The smallest absolute Gasteiger partial charge is 0.246 e. The predicted molar refractivity (Wildman–Crippen MR) is 62.2 cm³/mol. The van der Waals surface area contributed by atoms with E-state index in [-0.39, 0.29) is 18.1 Å². The topological polar surface area (TPSA) is 50.4 Å². The molecule has 0 aromatic carbocycles. The van der Waals surface area contributed by atoms with Gasteiger partial charge in [-0.3, -0.25) is 4.79 Å². The molecular weight excluding hydrogens is 204 g/mol.